The van der Waals surface area contributed by atoms with Crippen LogP contribution in [0.1, 0.15) is 122 Å². The zero-order chi connectivity index (χ0) is 41.9. The van der Waals surface area contributed by atoms with Gasteiger partial charge in [0.1, 0.15) is 41.4 Å². The molecule has 0 aliphatic carbocycles. The van der Waals surface area contributed by atoms with E-state index >= 15 is 0 Å². The van der Waals surface area contributed by atoms with Crippen molar-refractivity contribution in [2.75, 3.05) is 34.4 Å². The monoisotopic (exact) mass is 800 g/mol. The summed E-state index contributed by atoms with van der Waals surface area (Å²) in [5.74, 6) is -1.85. The van der Waals surface area contributed by atoms with Gasteiger partial charge in [0.25, 0.3) is 0 Å². The number of ether oxygens (including phenoxy) is 9. The number of fused-ring (bicyclic) bond motifs is 2. The molecule has 17 atom stereocenters. The highest BCUT2D eigenvalue weighted by atomic mass is 16.7. The molecular weight excluding hydrogens is 722 g/mol. The Morgan fingerprint density at radius 3 is 2.23 bits per heavy atom. The van der Waals surface area contributed by atoms with Gasteiger partial charge in [0, 0.05) is 45.1 Å². The molecule has 4 rings (SSSR count). The first-order chi connectivity index (χ1) is 26.2. The van der Waals surface area contributed by atoms with Crippen molar-refractivity contribution in [3.63, 3.8) is 0 Å². The van der Waals surface area contributed by atoms with E-state index in [1.807, 2.05) is 81.3 Å². The molecule has 0 amide bonds. The van der Waals surface area contributed by atoms with Gasteiger partial charge in [0.05, 0.1) is 41.9 Å². The zero-order valence-corrected chi connectivity index (χ0v) is 37.2. The van der Waals surface area contributed by atoms with Gasteiger partial charge in [-0.1, -0.05) is 34.6 Å². The van der Waals surface area contributed by atoms with Gasteiger partial charge in [-0.15, -0.1) is 0 Å². The quantitative estimate of drug-likeness (QED) is 0.194. The Labute approximate surface area is 337 Å². The Hall–Kier alpha value is -1.39. The number of carbonyl (C=O) groups excluding carboxylic acids is 1. The van der Waals surface area contributed by atoms with Crippen LogP contribution in [0.25, 0.3) is 0 Å². The molecule has 0 radical (unpaired) electrons. The number of nitrogens with zero attached hydrogens (tertiary/aromatic N) is 1. The van der Waals surface area contributed by atoms with Crippen LogP contribution < -0.4 is 0 Å². The van der Waals surface area contributed by atoms with Gasteiger partial charge in [-0.05, 0) is 93.8 Å². The molecule has 326 valence electrons. The summed E-state index contributed by atoms with van der Waals surface area (Å²) in [6.07, 6.45) is -3.25. The summed E-state index contributed by atoms with van der Waals surface area (Å²) in [4.78, 5) is 16.7. The lowest BCUT2D eigenvalue weighted by Crippen LogP contribution is -2.60. The molecule has 0 aromatic rings. The van der Waals surface area contributed by atoms with Gasteiger partial charge >= 0.3 is 5.97 Å². The number of hydrogen-bond donors (Lipinski definition) is 2. The van der Waals surface area contributed by atoms with Crippen molar-refractivity contribution in [3.05, 3.63) is 11.3 Å². The SMILES string of the molecule is CCCO[C@H](CC)[C@@](C)(O)[C@@H]1OC(=O)[C@H](C)[C@@H](OC2C[C@@](C)(OC)[C@@H](OCCC)[C@H](C)O2)[C@H](C)[C@@H](OC2O[C@H](C)C[C@H](N(C)C)[C@H]2O)[C@@]2(C)CC(C)=C(O2)[C@H]1C. The molecule has 4 heterocycles. The number of carbonyl (C=O) groups is 1. The molecule has 3 fully saturated rings. The van der Waals surface area contributed by atoms with Crippen LogP contribution >= 0.6 is 0 Å². The summed E-state index contributed by atoms with van der Waals surface area (Å²) in [6.45, 7) is 24.4. The largest absolute Gasteiger partial charge is 0.488 e. The molecule has 2 N–H and O–H groups in total. The first-order valence-corrected chi connectivity index (χ1v) is 21.3. The number of cyclic esters (lactones) is 1. The smallest absolute Gasteiger partial charge is 0.311 e. The number of hydrogen-bond acceptors (Lipinski definition) is 13. The number of likely N-dealkylation sites (N-methyl/N-ethyl adjacent to an activating group) is 1. The number of aliphatic hydroxyl groups is 2. The fourth-order valence-electron chi connectivity index (χ4n) is 9.81. The van der Waals surface area contributed by atoms with Crippen LogP contribution in [-0.4, -0.2) is 140 Å². The lowest BCUT2D eigenvalue weighted by atomic mass is 9.78. The van der Waals surface area contributed by atoms with Crippen LogP contribution in [0.2, 0.25) is 0 Å². The van der Waals surface area contributed by atoms with E-state index < -0.39 is 83.6 Å². The van der Waals surface area contributed by atoms with Crippen molar-refractivity contribution >= 4 is 5.97 Å². The van der Waals surface area contributed by atoms with Gasteiger partial charge in [-0.25, -0.2) is 0 Å². The minimum absolute atomic E-state index is 0.182. The van der Waals surface area contributed by atoms with E-state index in [2.05, 4.69) is 6.92 Å². The number of aliphatic hydroxyl groups excluding tert-OH is 1. The molecule has 4 aliphatic heterocycles. The topological polar surface area (TPSA) is 144 Å². The lowest BCUT2D eigenvalue weighted by molar-refractivity contribution is -0.319. The highest BCUT2D eigenvalue weighted by molar-refractivity contribution is 5.73. The number of esters is 1. The lowest BCUT2D eigenvalue weighted by Gasteiger charge is -2.49. The van der Waals surface area contributed by atoms with Crippen LogP contribution in [-0.2, 0) is 47.4 Å². The van der Waals surface area contributed by atoms with Gasteiger partial charge in [0.15, 0.2) is 12.6 Å². The Balaban J connectivity index is 1.83. The molecular formula is C43H77NO12. The first-order valence-electron chi connectivity index (χ1n) is 21.3. The molecule has 0 aromatic heterocycles. The van der Waals surface area contributed by atoms with Gasteiger partial charge in [-0.3, -0.25) is 4.79 Å². The highest BCUT2D eigenvalue weighted by Gasteiger charge is 2.57. The number of rotatable bonds is 15. The van der Waals surface area contributed by atoms with Gasteiger partial charge in [0.2, 0.25) is 0 Å². The molecule has 56 heavy (non-hydrogen) atoms. The minimum Gasteiger partial charge on any atom is -0.488 e. The predicted molar refractivity (Wildman–Crippen MR) is 212 cm³/mol. The van der Waals surface area contributed by atoms with E-state index in [-0.39, 0.29) is 24.4 Å². The van der Waals surface area contributed by atoms with E-state index in [4.69, 9.17) is 42.6 Å². The summed E-state index contributed by atoms with van der Waals surface area (Å²) in [7, 11) is 5.55. The van der Waals surface area contributed by atoms with E-state index in [0.717, 1.165) is 18.4 Å². The molecule has 13 nitrogen and oxygen atoms in total. The molecule has 0 saturated carbocycles. The predicted octanol–water partition coefficient (Wildman–Crippen LogP) is 5.76. The molecule has 0 spiro atoms. The maximum absolute atomic E-state index is 14.7. The van der Waals surface area contributed by atoms with Crippen molar-refractivity contribution in [2.24, 2.45) is 17.8 Å². The third-order valence-electron chi connectivity index (χ3n) is 12.9. The van der Waals surface area contributed by atoms with Crippen LogP contribution in [0.15, 0.2) is 11.3 Å². The summed E-state index contributed by atoms with van der Waals surface area (Å²) in [5.41, 5.74) is -2.35. The Kier molecular flexibility index (Phi) is 16.3. The van der Waals surface area contributed by atoms with Gasteiger partial charge in [-0.2, -0.15) is 0 Å². The maximum atomic E-state index is 14.7. The van der Waals surface area contributed by atoms with Crippen molar-refractivity contribution in [1.29, 1.82) is 0 Å². The van der Waals surface area contributed by atoms with Crippen LogP contribution in [0.3, 0.4) is 0 Å². The number of methoxy groups -OCH3 is 1. The summed E-state index contributed by atoms with van der Waals surface area (Å²) >= 11 is 0. The molecule has 0 aromatic carbocycles. The molecule has 2 unspecified atom stereocenters. The second kappa shape index (κ2) is 19.3. The van der Waals surface area contributed by atoms with E-state index in [0.29, 0.717) is 44.7 Å². The average Bonchev–Trinajstić information content (AvgIpc) is 3.45. The maximum Gasteiger partial charge on any atom is 0.311 e. The van der Waals surface area contributed by atoms with Crippen molar-refractivity contribution in [3.8, 4) is 0 Å². The molecule has 4 aliphatic rings. The normalized spacial score (nSPS) is 42.8. The molecule has 2 bridgehead atoms. The fourth-order valence-corrected chi connectivity index (χ4v) is 9.81. The van der Waals surface area contributed by atoms with Crippen LogP contribution in [0, 0.1) is 17.8 Å². The summed E-state index contributed by atoms with van der Waals surface area (Å²) in [6, 6.07) is -0.202. The zero-order valence-electron chi connectivity index (χ0n) is 37.2. The first kappa shape index (κ1) is 47.3. The molecule has 13 heteroatoms. The third kappa shape index (κ3) is 9.96. The Morgan fingerprint density at radius 2 is 1.64 bits per heavy atom. The second-order valence-electron chi connectivity index (χ2n) is 18.0. The van der Waals surface area contributed by atoms with Gasteiger partial charge < -0.3 is 57.7 Å². The average molecular weight is 800 g/mol. The highest BCUT2D eigenvalue weighted by Crippen LogP contribution is 2.48. The second-order valence-corrected chi connectivity index (χ2v) is 18.0. The Bertz CT molecular complexity index is 1310. The van der Waals surface area contributed by atoms with E-state index in [1.165, 1.54) is 0 Å². The standard InChI is InChI=1S/C43H77NO12/c1-16-19-49-31(18-3)43(12,47)37-26(6)34-24(4)22-42(11,56-34)36(55-40-33(45)30(44(13)14)21-25(5)51-40)27(7)35(28(8)39(46)54-37)53-32-23-41(10,48-15)38(29(9)52-32)50-20-17-2/h25-33,35-38,40,45,47H,16-23H2,1-15H3/t25-,26-,27+,28-,29+,30+,31-,32?,33-,35+,36-,37-,38+,40?,41-,42-,43-/m1/s1. The van der Waals surface area contributed by atoms with Crippen LogP contribution in [0.4, 0.5) is 0 Å². The fraction of sp³-hybridized carbons (Fsp3) is 0.930. The van der Waals surface area contributed by atoms with Crippen molar-refractivity contribution in [2.45, 2.75) is 206 Å². The van der Waals surface area contributed by atoms with Crippen molar-refractivity contribution in [1.82, 2.24) is 4.90 Å². The summed E-state index contributed by atoms with van der Waals surface area (Å²) in [5, 5.41) is 24.1. The minimum atomic E-state index is -1.58. The Morgan fingerprint density at radius 1 is 0.982 bits per heavy atom. The third-order valence-corrected chi connectivity index (χ3v) is 12.9. The van der Waals surface area contributed by atoms with Crippen molar-refractivity contribution < 1.29 is 57.6 Å². The summed E-state index contributed by atoms with van der Waals surface area (Å²) < 4.78 is 58.9. The molecule has 3 saturated heterocycles. The van der Waals surface area contributed by atoms with Crippen LogP contribution in [0.5, 0.6) is 0 Å². The van der Waals surface area contributed by atoms with E-state index in [1.54, 1.807) is 21.0 Å². The van der Waals surface area contributed by atoms with E-state index in [9.17, 15) is 15.0 Å².